The van der Waals surface area contributed by atoms with Crippen molar-refractivity contribution in [2.45, 2.75) is 25.8 Å². The summed E-state index contributed by atoms with van der Waals surface area (Å²) in [6.07, 6.45) is 3.43. The third-order valence-corrected chi connectivity index (χ3v) is 3.02. The van der Waals surface area contributed by atoms with Crippen molar-refractivity contribution >= 4 is 6.03 Å². The average Bonchev–Trinajstić information content (AvgIpc) is 2.39. The van der Waals surface area contributed by atoms with Gasteiger partial charge in [0, 0.05) is 19.6 Å². The van der Waals surface area contributed by atoms with Crippen molar-refractivity contribution < 1.29 is 9.90 Å². The summed E-state index contributed by atoms with van der Waals surface area (Å²) in [4.78, 5) is 13.7. The first-order valence-corrected chi connectivity index (χ1v) is 6.06. The van der Waals surface area contributed by atoms with Crippen molar-refractivity contribution in [2.75, 3.05) is 13.1 Å². The summed E-state index contributed by atoms with van der Waals surface area (Å²) in [7, 11) is 0. The zero-order valence-electron chi connectivity index (χ0n) is 9.85. The highest BCUT2D eigenvalue weighted by Gasteiger charge is 2.15. The molecule has 0 aliphatic carbocycles. The van der Waals surface area contributed by atoms with Gasteiger partial charge < -0.3 is 15.3 Å². The molecule has 1 aliphatic heterocycles. The lowest BCUT2D eigenvalue weighted by atomic mass is 10.1. The summed E-state index contributed by atoms with van der Waals surface area (Å²) in [6.45, 7) is 2.23. The van der Waals surface area contributed by atoms with Crippen LogP contribution in [0.5, 0.6) is 5.75 Å². The number of piperidine rings is 1. The maximum Gasteiger partial charge on any atom is 0.317 e. The van der Waals surface area contributed by atoms with E-state index in [-0.39, 0.29) is 11.8 Å². The maximum absolute atomic E-state index is 11.8. The van der Waals surface area contributed by atoms with Gasteiger partial charge in [-0.05, 0) is 37.0 Å². The SMILES string of the molecule is O=C(NCc1ccc(O)cc1)N1CCCCC1. The number of hydrogen-bond acceptors (Lipinski definition) is 2. The van der Waals surface area contributed by atoms with Crippen LogP contribution in [-0.2, 0) is 6.54 Å². The van der Waals surface area contributed by atoms with E-state index in [9.17, 15) is 4.79 Å². The molecule has 0 spiro atoms. The third-order valence-electron chi connectivity index (χ3n) is 3.02. The van der Waals surface area contributed by atoms with Crippen LogP contribution in [0.4, 0.5) is 4.79 Å². The molecule has 2 N–H and O–H groups in total. The molecule has 0 saturated carbocycles. The number of aromatic hydroxyl groups is 1. The number of phenols is 1. The van der Waals surface area contributed by atoms with E-state index in [1.54, 1.807) is 12.1 Å². The summed E-state index contributed by atoms with van der Waals surface area (Å²) >= 11 is 0. The zero-order chi connectivity index (χ0) is 12.1. The molecule has 0 atom stereocenters. The summed E-state index contributed by atoms with van der Waals surface area (Å²) in [5.74, 6) is 0.246. The number of hydrogen-bond donors (Lipinski definition) is 2. The normalized spacial score (nSPS) is 15.6. The second-order valence-corrected chi connectivity index (χ2v) is 4.37. The number of benzene rings is 1. The Morgan fingerprint density at radius 1 is 1.18 bits per heavy atom. The monoisotopic (exact) mass is 234 g/mol. The van der Waals surface area contributed by atoms with Gasteiger partial charge in [0.05, 0.1) is 0 Å². The first-order chi connectivity index (χ1) is 8.25. The number of likely N-dealkylation sites (tertiary alicyclic amines) is 1. The van der Waals surface area contributed by atoms with Crippen molar-refractivity contribution in [3.8, 4) is 5.75 Å². The van der Waals surface area contributed by atoms with Crippen molar-refractivity contribution in [2.24, 2.45) is 0 Å². The Hall–Kier alpha value is -1.71. The number of rotatable bonds is 2. The Morgan fingerprint density at radius 2 is 1.82 bits per heavy atom. The van der Waals surface area contributed by atoms with Gasteiger partial charge in [0.25, 0.3) is 0 Å². The van der Waals surface area contributed by atoms with Crippen molar-refractivity contribution in [1.82, 2.24) is 10.2 Å². The molecule has 17 heavy (non-hydrogen) atoms. The Balaban J connectivity index is 1.81. The van der Waals surface area contributed by atoms with Crippen molar-refractivity contribution in [3.05, 3.63) is 29.8 Å². The van der Waals surface area contributed by atoms with E-state index >= 15 is 0 Å². The quantitative estimate of drug-likeness (QED) is 0.823. The predicted molar refractivity (Wildman–Crippen MR) is 65.8 cm³/mol. The predicted octanol–water partition coefficient (Wildman–Crippen LogP) is 2.09. The number of nitrogens with zero attached hydrogens (tertiary/aromatic N) is 1. The van der Waals surface area contributed by atoms with Crippen LogP contribution in [0.1, 0.15) is 24.8 Å². The molecule has 1 aliphatic rings. The molecule has 0 unspecified atom stereocenters. The highest BCUT2D eigenvalue weighted by molar-refractivity contribution is 5.74. The molecule has 1 saturated heterocycles. The third kappa shape index (κ3) is 3.37. The van der Waals surface area contributed by atoms with E-state index in [1.165, 1.54) is 6.42 Å². The van der Waals surface area contributed by atoms with Gasteiger partial charge in [0.1, 0.15) is 5.75 Å². The number of carbonyl (C=O) groups is 1. The zero-order valence-corrected chi connectivity index (χ0v) is 9.85. The highest BCUT2D eigenvalue weighted by atomic mass is 16.3. The Kier molecular flexibility index (Phi) is 3.85. The first-order valence-electron chi connectivity index (χ1n) is 6.06. The topological polar surface area (TPSA) is 52.6 Å². The largest absolute Gasteiger partial charge is 0.508 e. The molecule has 92 valence electrons. The average molecular weight is 234 g/mol. The van der Waals surface area contributed by atoms with Crippen molar-refractivity contribution in [3.63, 3.8) is 0 Å². The number of urea groups is 1. The van der Waals surface area contributed by atoms with E-state index in [2.05, 4.69) is 5.32 Å². The van der Waals surface area contributed by atoms with Crippen LogP contribution in [0, 0.1) is 0 Å². The smallest absolute Gasteiger partial charge is 0.317 e. The molecular formula is C13H18N2O2. The molecule has 0 radical (unpaired) electrons. The molecule has 4 heteroatoms. The Morgan fingerprint density at radius 3 is 2.47 bits per heavy atom. The molecule has 1 fully saturated rings. The number of phenolic OH excluding ortho intramolecular Hbond substituents is 1. The number of nitrogens with one attached hydrogen (secondary N) is 1. The van der Waals surface area contributed by atoms with Crippen LogP contribution in [0.25, 0.3) is 0 Å². The summed E-state index contributed by atoms with van der Waals surface area (Å²) < 4.78 is 0. The number of carbonyl (C=O) groups excluding carboxylic acids is 1. The minimum Gasteiger partial charge on any atom is -0.508 e. The fraction of sp³-hybridized carbons (Fsp3) is 0.462. The van der Waals surface area contributed by atoms with Crippen LogP contribution >= 0.6 is 0 Å². The van der Waals surface area contributed by atoms with Gasteiger partial charge in [-0.15, -0.1) is 0 Å². The molecule has 2 amide bonds. The van der Waals surface area contributed by atoms with E-state index in [0.29, 0.717) is 6.54 Å². The minimum absolute atomic E-state index is 0.0118. The molecule has 1 heterocycles. The van der Waals surface area contributed by atoms with Crippen LogP contribution < -0.4 is 5.32 Å². The van der Waals surface area contributed by atoms with Crippen LogP contribution in [0.2, 0.25) is 0 Å². The van der Waals surface area contributed by atoms with E-state index in [1.807, 2.05) is 17.0 Å². The second kappa shape index (κ2) is 5.57. The summed E-state index contributed by atoms with van der Waals surface area (Å²) in [5.41, 5.74) is 0.994. The van der Waals surface area contributed by atoms with Crippen LogP contribution in [0.3, 0.4) is 0 Å². The van der Waals surface area contributed by atoms with Crippen LogP contribution in [-0.4, -0.2) is 29.1 Å². The lowest BCUT2D eigenvalue weighted by molar-refractivity contribution is 0.186. The van der Waals surface area contributed by atoms with Gasteiger partial charge in [-0.3, -0.25) is 0 Å². The lowest BCUT2D eigenvalue weighted by Gasteiger charge is -2.26. The van der Waals surface area contributed by atoms with Gasteiger partial charge in [-0.1, -0.05) is 12.1 Å². The van der Waals surface area contributed by atoms with Gasteiger partial charge in [-0.25, -0.2) is 4.79 Å². The highest BCUT2D eigenvalue weighted by Crippen LogP contribution is 2.11. The minimum atomic E-state index is 0.0118. The molecule has 4 nitrogen and oxygen atoms in total. The van der Waals surface area contributed by atoms with E-state index in [0.717, 1.165) is 31.5 Å². The Labute approximate surface area is 101 Å². The molecule has 2 rings (SSSR count). The molecule has 0 aromatic heterocycles. The van der Waals surface area contributed by atoms with E-state index < -0.39 is 0 Å². The van der Waals surface area contributed by atoms with Crippen molar-refractivity contribution in [1.29, 1.82) is 0 Å². The van der Waals surface area contributed by atoms with Gasteiger partial charge in [-0.2, -0.15) is 0 Å². The molecular weight excluding hydrogens is 216 g/mol. The first kappa shape index (κ1) is 11.8. The van der Waals surface area contributed by atoms with Gasteiger partial charge >= 0.3 is 6.03 Å². The fourth-order valence-corrected chi connectivity index (χ4v) is 2.00. The lowest BCUT2D eigenvalue weighted by Crippen LogP contribution is -2.42. The van der Waals surface area contributed by atoms with Crippen LogP contribution in [0.15, 0.2) is 24.3 Å². The second-order valence-electron chi connectivity index (χ2n) is 4.37. The number of amides is 2. The van der Waals surface area contributed by atoms with Gasteiger partial charge in [0.2, 0.25) is 0 Å². The molecule has 1 aromatic carbocycles. The standard InChI is InChI=1S/C13H18N2O2/c16-12-6-4-11(5-7-12)10-14-13(17)15-8-2-1-3-9-15/h4-7,16H,1-3,8-10H2,(H,14,17). The molecule has 0 bridgehead atoms. The molecule has 1 aromatic rings. The summed E-state index contributed by atoms with van der Waals surface area (Å²) in [5, 5.41) is 12.0. The van der Waals surface area contributed by atoms with Gasteiger partial charge in [0.15, 0.2) is 0 Å². The fourth-order valence-electron chi connectivity index (χ4n) is 2.00. The van der Waals surface area contributed by atoms with E-state index in [4.69, 9.17) is 5.11 Å². The maximum atomic E-state index is 11.8. The summed E-state index contributed by atoms with van der Waals surface area (Å²) in [6, 6.07) is 6.89. The Bertz CT molecular complexity index is 370.